The van der Waals surface area contributed by atoms with E-state index < -0.39 is 11.6 Å². The largest absolute Gasteiger partial charge is 0.507 e. The molecule has 0 saturated carbocycles. The first-order valence-corrected chi connectivity index (χ1v) is 16.6. The second kappa shape index (κ2) is 13.1. The molecule has 0 heterocycles. The number of phenols is 2. The SMILES string of the molecule is Cc1cc2c(c(O)c1-c1c(C)cc3c(c1O)C(=CNc1ccccc1)C(=O)C(O)=C3C(C)C)C(=CNc1ccccc1)C(=O)C(O)=C2C(C)C. The molecule has 254 valence electrons. The Kier molecular flexibility index (Phi) is 8.89. The van der Waals surface area contributed by atoms with E-state index >= 15 is 0 Å². The molecule has 0 unspecified atom stereocenters. The van der Waals surface area contributed by atoms with Gasteiger partial charge >= 0.3 is 0 Å². The number of ketones is 2. The molecule has 0 fully saturated rings. The molecule has 8 heteroatoms. The fourth-order valence-corrected chi connectivity index (χ4v) is 7.01. The number of fused-ring (bicyclic) bond motifs is 2. The number of aliphatic hydroxyl groups excluding tert-OH is 2. The Balaban J connectivity index is 1.63. The number of phenolic OH excluding ortho intramolecular Hbond substituents is 2. The van der Waals surface area contributed by atoms with Gasteiger partial charge in [0.25, 0.3) is 0 Å². The highest BCUT2D eigenvalue weighted by molar-refractivity contribution is 6.35. The average Bonchev–Trinajstić information content (AvgIpc) is 3.07. The summed E-state index contributed by atoms with van der Waals surface area (Å²) >= 11 is 0. The van der Waals surface area contributed by atoms with Crippen LogP contribution in [0.3, 0.4) is 0 Å². The Morgan fingerprint density at radius 1 is 0.540 bits per heavy atom. The van der Waals surface area contributed by atoms with E-state index in [0.717, 1.165) is 0 Å². The van der Waals surface area contributed by atoms with Gasteiger partial charge in [0, 0.05) is 57.2 Å². The van der Waals surface area contributed by atoms with Crippen molar-refractivity contribution in [1.29, 1.82) is 0 Å². The van der Waals surface area contributed by atoms with E-state index in [2.05, 4.69) is 10.6 Å². The Morgan fingerprint density at radius 3 is 1.20 bits per heavy atom. The summed E-state index contributed by atoms with van der Waals surface area (Å²) in [4.78, 5) is 27.6. The number of rotatable bonds is 7. The second-order valence-corrected chi connectivity index (χ2v) is 13.3. The van der Waals surface area contributed by atoms with Crippen LogP contribution >= 0.6 is 0 Å². The zero-order valence-corrected chi connectivity index (χ0v) is 28.8. The first-order chi connectivity index (χ1) is 23.8. The molecule has 2 aliphatic carbocycles. The normalized spacial score (nSPS) is 16.1. The van der Waals surface area contributed by atoms with E-state index in [1.807, 2.05) is 88.4 Å². The molecule has 0 spiro atoms. The Hall–Kier alpha value is -6.02. The molecule has 2 aliphatic rings. The van der Waals surface area contributed by atoms with Crippen LogP contribution in [-0.2, 0) is 9.59 Å². The standard InChI is InChI=1S/C42H40N2O6/c1-21(2)31-27-17-23(5)33(39(47)35(27)29(37(45)41(31)49)19-43-25-13-9-7-10-14-25)34-24(6)18-28-32(22(3)4)42(50)38(46)30(36(28)40(34)48)20-44-26-15-11-8-12-16-26/h7-22,43-44,47-50H,1-6H3. The lowest BCUT2D eigenvalue weighted by Crippen LogP contribution is -2.20. The maximum absolute atomic E-state index is 13.8. The first-order valence-electron chi connectivity index (χ1n) is 16.6. The fraction of sp³-hybridized carbons (Fsp3) is 0.190. The van der Waals surface area contributed by atoms with E-state index in [-0.39, 0.29) is 68.3 Å². The highest BCUT2D eigenvalue weighted by Crippen LogP contribution is 2.53. The van der Waals surface area contributed by atoms with Crippen molar-refractivity contribution in [1.82, 2.24) is 0 Å². The maximum Gasteiger partial charge on any atom is 0.229 e. The third kappa shape index (κ3) is 5.62. The Labute approximate surface area is 291 Å². The number of Topliss-reactive ketones (excluding diaryl/α,β-unsaturated/α-hetero) is 2. The van der Waals surface area contributed by atoms with Crippen molar-refractivity contribution < 1.29 is 30.0 Å². The minimum Gasteiger partial charge on any atom is -0.507 e. The zero-order chi connectivity index (χ0) is 36.0. The quantitative estimate of drug-likeness (QED) is 0.107. The van der Waals surface area contributed by atoms with Crippen LogP contribution in [0, 0.1) is 25.7 Å². The smallest absolute Gasteiger partial charge is 0.229 e. The van der Waals surface area contributed by atoms with E-state index in [0.29, 0.717) is 44.8 Å². The predicted molar refractivity (Wildman–Crippen MR) is 200 cm³/mol. The fourth-order valence-electron chi connectivity index (χ4n) is 7.01. The van der Waals surface area contributed by atoms with Crippen molar-refractivity contribution in [2.75, 3.05) is 10.6 Å². The van der Waals surface area contributed by atoms with Gasteiger partial charge in [-0.15, -0.1) is 0 Å². The second-order valence-electron chi connectivity index (χ2n) is 13.3. The van der Waals surface area contributed by atoms with Gasteiger partial charge in [0.15, 0.2) is 11.5 Å². The van der Waals surface area contributed by atoms with Crippen LogP contribution in [0.15, 0.2) is 96.7 Å². The summed E-state index contributed by atoms with van der Waals surface area (Å²) in [6.07, 6.45) is 2.94. The highest BCUT2D eigenvalue weighted by Gasteiger charge is 2.38. The van der Waals surface area contributed by atoms with Crippen LogP contribution in [0.1, 0.15) is 61.1 Å². The Morgan fingerprint density at radius 2 is 0.880 bits per heavy atom. The number of para-hydroxylation sites is 2. The third-order valence-corrected chi connectivity index (χ3v) is 9.26. The molecule has 4 aromatic carbocycles. The molecule has 6 N–H and O–H groups in total. The van der Waals surface area contributed by atoms with Gasteiger partial charge in [-0.3, -0.25) is 9.59 Å². The number of carbonyl (C=O) groups excluding carboxylic acids is 2. The van der Waals surface area contributed by atoms with Crippen molar-refractivity contribution >= 4 is 45.2 Å². The number of hydrogen-bond donors (Lipinski definition) is 6. The van der Waals surface area contributed by atoms with Gasteiger partial charge in [-0.25, -0.2) is 0 Å². The molecular formula is C42H40N2O6. The zero-order valence-electron chi connectivity index (χ0n) is 28.8. The summed E-state index contributed by atoms with van der Waals surface area (Å²) < 4.78 is 0. The average molecular weight is 669 g/mol. The van der Waals surface area contributed by atoms with Crippen LogP contribution in [0.25, 0.3) is 33.4 Å². The van der Waals surface area contributed by atoms with Crippen molar-refractivity contribution in [3.8, 4) is 22.6 Å². The summed E-state index contributed by atoms with van der Waals surface area (Å²) in [5, 5.41) is 53.1. The number of benzene rings is 4. The van der Waals surface area contributed by atoms with Gasteiger partial charge in [-0.05, 0) is 72.2 Å². The van der Waals surface area contributed by atoms with Gasteiger partial charge in [0.05, 0.1) is 11.1 Å². The maximum atomic E-state index is 13.8. The van der Waals surface area contributed by atoms with Gasteiger partial charge in [-0.2, -0.15) is 0 Å². The number of nitrogens with one attached hydrogen (secondary N) is 2. The monoisotopic (exact) mass is 668 g/mol. The van der Waals surface area contributed by atoms with Crippen molar-refractivity contribution in [3.05, 3.63) is 130 Å². The summed E-state index contributed by atoms with van der Waals surface area (Å²) in [6.45, 7) is 11.0. The van der Waals surface area contributed by atoms with E-state index in [1.165, 1.54) is 12.4 Å². The summed E-state index contributed by atoms with van der Waals surface area (Å²) in [6, 6.07) is 22.0. The van der Waals surface area contributed by atoms with Gasteiger partial charge in [0.1, 0.15) is 11.5 Å². The number of aryl methyl sites for hydroxylation is 2. The number of anilines is 2. The number of carbonyl (C=O) groups is 2. The molecule has 0 amide bonds. The molecule has 4 aromatic rings. The van der Waals surface area contributed by atoms with Crippen molar-refractivity contribution in [3.63, 3.8) is 0 Å². The minimum atomic E-state index is -0.647. The molecule has 0 atom stereocenters. The van der Waals surface area contributed by atoms with Crippen LogP contribution in [-0.4, -0.2) is 32.0 Å². The predicted octanol–water partition coefficient (Wildman–Crippen LogP) is 9.30. The lowest BCUT2D eigenvalue weighted by molar-refractivity contribution is -0.113. The highest BCUT2D eigenvalue weighted by atomic mass is 16.3. The lowest BCUT2D eigenvalue weighted by atomic mass is 9.75. The van der Waals surface area contributed by atoms with Crippen molar-refractivity contribution in [2.24, 2.45) is 11.8 Å². The molecule has 0 radical (unpaired) electrons. The van der Waals surface area contributed by atoms with Crippen LogP contribution in [0.2, 0.25) is 0 Å². The molecule has 0 bridgehead atoms. The summed E-state index contributed by atoms with van der Waals surface area (Å²) in [5.74, 6) is -3.09. The molecular weight excluding hydrogens is 628 g/mol. The minimum absolute atomic E-state index is 0.0531. The van der Waals surface area contributed by atoms with E-state index in [9.17, 15) is 30.0 Å². The van der Waals surface area contributed by atoms with Crippen molar-refractivity contribution in [2.45, 2.75) is 41.5 Å². The number of aromatic hydroxyl groups is 2. The van der Waals surface area contributed by atoms with Crippen LogP contribution < -0.4 is 10.6 Å². The van der Waals surface area contributed by atoms with Crippen LogP contribution in [0.4, 0.5) is 11.4 Å². The third-order valence-electron chi connectivity index (χ3n) is 9.26. The molecule has 6 rings (SSSR count). The van der Waals surface area contributed by atoms with Gasteiger partial charge in [0.2, 0.25) is 11.6 Å². The van der Waals surface area contributed by atoms with E-state index in [4.69, 9.17) is 0 Å². The summed E-state index contributed by atoms with van der Waals surface area (Å²) in [7, 11) is 0. The van der Waals surface area contributed by atoms with Gasteiger partial charge < -0.3 is 31.1 Å². The lowest BCUT2D eigenvalue weighted by Gasteiger charge is -2.29. The van der Waals surface area contributed by atoms with Crippen LogP contribution in [0.5, 0.6) is 11.5 Å². The molecule has 0 aliphatic heterocycles. The number of allylic oxidation sites excluding steroid dienone is 4. The number of aliphatic hydroxyl groups is 2. The Bertz CT molecular complexity index is 2030. The summed E-state index contributed by atoms with van der Waals surface area (Å²) in [5.41, 5.74) is 5.47. The number of hydrogen-bond acceptors (Lipinski definition) is 8. The van der Waals surface area contributed by atoms with Gasteiger partial charge in [-0.1, -0.05) is 76.2 Å². The molecule has 0 saturated heterocycles. The molecule has 0 aromatic heterocycles. The molecule has 50 heavy (non-hydrogen) atoms. The van der Waals surface area contributed by atoms with E-state index in [1.54, 1.807) is 26.0 Å². The topological polar surface area (TPSA) is 139 Å². The molecule has 8 nitrogen and oxygen atoms in total. The first kappa shape index (κ1) is 33.9.